The van der Waals surface area contributed by atoms with E-state index in [9.17, 15) is 4.79 Å². The van der Waals surface area contributed by atoms with Crippen LogP contribution in [0.4, 0.5) is 0 Å². The van der Waals surface area contributed by atoms with Gasteiger partial charge in [-0.1, -0.05) is 6.92 Å². The molecule has 4 nitrogen and oxygen atoms in total. The third-order valence-corrected chi connectivity index (χ3v) is 1.15. The van der Waals surface area contributed by atoms with Crippen LogP contribution < -0.4 is 5.90 Å². The van der Waals surface area contributed by atoms with E-state index in [1.54, 1.807) is 20.8 Å². The monoisotopic (exact) mass is 161 g/mol. The van der Waals surface area contributed by atoms with Gasteiger partial charge in [-0.25, -0.2) is 10.7 Å². The van der Waals surface area contributed by atoms with Crippen LogP contribution in [0.3, 0.4) is 0 Å². The van der Waals surface area contributed by atoms with Crippen molar-refractivity contribution in [1.29, 1.82) is 0 Å². The Morgan fingerprint density at radius 1 is 1.55 bits per heavy atom. The molecular weight excluding hydrogens is 146 g/mol. The third kappa shape index (κ3) is 3.95. The summed E-state index contributed by atoms with van der Waals surface area (Å²) in [5.74, 6) is 4.46. The van der Waals surface area contributed by atoms with Gasteiger partial charge in [0.25, 0.3) is 0 Å². The molecule has 0 aromatic rings. The molecule has 0 rings (SSSR count). The fourth-order valence-corrected chi connectivity index (χ4v) is 0.627. The van der Waals surface area contributed by atoms with E-state index in [0.29, 0.717) is 6.42 Å². The molecule has 0 heterocycles. The summed E-state index contributed by atoms with van der Waals surface area (Å²) in [6.07, 6.45) is -0.216. The van der Waals surface area contributed by atoms with E-state index in [1.807, 2.05) is 0 Å². The number of carbonyl (C=O) groups excluding carboxylic acids is 1. The second-order valence-electron chi connectivity index (χ2n) is 2.52. The minimum absolute atomic E-state index is 0.119. The van der Waals surface area contributed by atoms with Crippen LogP contribution in [-0.4, -0.2) is 18.2 Å². The van der Waals surface area contributed by atoms with Crippen molar-refractivity contribution in [1.82, 2.24) is 0 Å². The number of rotatable bonds is 4. The highest BCUT2D eigenvalue weighted by atomic mass is 16.7. The first kappa shape index (κ1) is 10.4. The number of nitrogens with two attached hydrogens (primary N) is 1. The normalized spacial score (nSPS) is 13.2. The molecule has 1 unspecified atom stereocenters. The SMILES string of the molecule is CCC(ON)C(=O)OC(C)C. The minimum atomic E-state index is -0.627. The van der Waals surface area contributed by atoms with Crippen LogP contribution in [0.15, 0.2) is 0 Å². The summed E-state index contributed by atoms with van der Waals surface area (Å²) in [6.45, 7) is 5.36. The molecule has 1 atom stereocenters. The summed E-state index contributed by atoms with van der Waals surface area (Å²) in [6, 6.07) is 0. The van der Waals surface area contributed by atoms with Crippen molar-refractivity contribution in [2.75, 3.05) is 0 Å². The standard InChI is InChI=1S/C7H15NO3/c1-4-6(11-8)7(9)10-5(2)3/h5-6H,4,8H2,1-3H3. The zero-order chi connectivity index (χ0) is 8.85. The number of hydrogen-bond acceptors (Lipinski definition) is 4. The van der Waals surface area contributed by atoms with Crippen LogP contribution in [0.1, 0.15) is 27.2 Å². The lowest BCUT2D eigenvalue weighted by Crippen LogP contribution is -2.30. The summed E-state index contributed by atoms with van der Waals surface area (Å²) >= 11 is 0. The van der Waals surface area contributed by atoms with E-state index in [1.165, 1.54) is 0 Å². The van der Waals surface area contributed by atoms with Gasteiger partial charge in [0.15, 0.2) is 6.10 Å². The Morgan fingerprint density at radius 3 is 2.36 bits per heavy atom. The van der Waals surface area contributed by atoms with Crippen molar-refractivity contribution >= 4 is 5.97 Å². The maximum Gasteiger partial charge on any atom is 0.337 e. The summed E-state index contributed by atoms with van der Waals surface area (Å²) in [5, 5.41) is 0. The maximum absolute atomic E-state index is 11.0. The van der Waals surface area contributed by atoms with Crippen LogP contribution in [0.5, 0.6) is 0 Å². The Morgan fingerprint density at radius 2 is 2.09 bits per heavy atom. The van der Waals surface area contributed by atoms with Crippen molar-refractivity contribution in [2.24, 2.45) is 5.90 Å². The van der Waals surface area contributed by atoms with Crippen molar-refractivity contribution in [3.05, 3.63) is 0 Å². The van der Waals surface area contributed by atoms with E-state index in [4.69, 9.17) is 10.6 Å². The topological polar surface area (TPSA) is 61.5 Å². The molecule has 0 aromatic carbocycles. The fraction of sp³-hybridized carbons (Fsp3) is 0.857. The van der Waals surface area contributed by atoms with Gasteiger partial charge in [0.1, 0.15) is 0 Å². The Hall–Kier alpha value is -0.610. The highest BCUT2D eigenvalue weighted by Gasteiger charge is 2.18. The lowest BCUT2D eigenvalue weighted by molar-refractivity contribution is -0.161. The summed E-state index contributed by atoms with van der Waals surface area (Å²) in [7, 11) is 0. The average molecular weight is 161 g/mol. The van der Waals surface area contributed by atoms with Crippen LogP contribution >= 0.6 is 0 Å². The van der Waals surface area contributed by atoms with Crippen LogP contribution in [0.2, 0.25) is 0 Å². The predicted octanol–water partition coefficient (Wildman–Crippen LogP) is 0.607. The third-order valence-electron chi connectivity index (χ3n) is 1.15. The quantitative estimate of drug-likeness (QED) is 0.484. The van der Waals surface area contributed by atoms with Gasteiger partial charge >= 0.3 is 5.97 Å². The smallest absolute Gasteiger partial charge is 0.337 e. The van der Waals surface area contributed by atoms with Gasteiger partial charge in [0.05, 0.1) is 6.10 Å². The number of esters is 1. The van der Waals surface area contributed by atoms with Crippen molar-refractivity contribution in [2.45, 2.75) is 39.4 Å². The maximum atomic E-state index is 11.0. The average Bonchev–Trinajstić information content (AvgIpc) is 1.88. The summed E-state index contributed by atoms with van der Waals surface area (Å²) in [5.41, 5.74) is 0. The Balaban J connectivity index is 3.79. The summed E-state index contributed by atoms with van der Waals surface area (Å²) < 4.78 is 4.85. The number of carbonyl (C=O) groups is 1. The molecule has 0 spiro atoms. The number of hydrogen-bond donors (Lipinski definition) is 1. The zero-order valence-corrected chi connectivity index (χ0v) is 7.16. The highest BCUT2D eigenvalue weighted by molar-refractivity contribution is 5.74. The van der Waals surface area contributed by atoms with Gasteiger partial charge in [-0.05, 0) is 20.3 Å². The molecule has 0 aromatic heterocycles. The van der Waals surface area contributed by atoms with Crippen molar-refractivity contribution < 1.29 is 14.4 Å². The molecule has 0 saturated carbocycles. The number of ether oxygens (including phenoxy) is 1. The second kappa shape index (κ2) is 5.09. The van der Waals surface area contributed by atoms with Gasteiger partial charge in [0.2, 0.25) is 0 Å². The molecule has 66 valence electrons. The minimum Gasteiger partial charge on any atom is -0.461 e. The highest BCUT2D eigenvalue weighted by Crippen LogP contribution is 2.00. The molecule has 2 N–H and O–H groups in total. The van der Waals surface area contributed by atoms with E-state index in [0.717, 1.165) is 0 Å². The van der Waals surface area contributed by atoms with Crippen LogP contribution in [-0.2, 0) is 14.4 Å². The first-order chi connectivity index (χ1) is 5.11. The lowest BCUT2D eigenvalue weighted by Gasteiger charge is -2.13. The molecule has 11 heavy (non-hydrogen) atoms. The van der Waals surface area contributed by atoms with E-state index in [-0.39, 0.29) is 6.10 Å². The molecule has 0 saturated heterocycles. The zero-order valence-electron chi connectivity index (χ0n) is 7.16. The van der Waals surface area contributed by atoms with E-state index >= 15 is 0 Å². The second-order valence-corrected chi connectivity index (χ2v) is 2.52. The van der Waals surface area contributed by atoms with Gasteiger partial charge in [-0.2, -0.15) is 0 Å². The van der Waals surface area contributed by atoms with Gasteiger partial charge < -0.3 is 4.74 Å². The van der Waals surface area contributed by atoms with Crippen LogP contribution in [0, 0.1) is 0 Å². The Bertz CT molecular complexity index is 121. The molecule has 0 aliphatic rings. The predicted molar refractivity (Wildman–Crippen MR) is 40.6 cm³/mol. The summed E-state index contributed by atoms with van der Waals surface area (Å²) in [4.78, 5) is 15.4. The molecular formula is C7H15NO3. The van der Waals surface area contributed by atoms with Crippen molar-refractivity contribution in [3.63, 3.8) is 0 Å². The molecule has 0 amide bonds. The van der Waals surface area contributed by atoms with Crippen LogP contribution in [0.25, 0.3) is 0 Å². The first-order valence-corrected chi connectivity index (χ1v) is 3.67. The van der Waals surface area contributed by atoms with Gasteiger partial charge in [-0.3, -0.25) is 4.84 Å². The van der Waals surface area contributed by atoms with Gasteiger partial charge in [-0.15, -0.1) is 0 Å². The molecule has 0 aliphatic heterocycles. The first-order valence-electron chi connectivity index (χ1n) is 3.67. The Kier molecular flexibility index (Phi) is 4.81. The van der Waals surface area contributed by atoms with Crippen molar-refractivity contribution in [3.8, 4) is 0 Å². The van der Waals surface area contributed by atoms with E-state index in [2.05, 4.69) is 4.84 Å². The molecule has 0 bridgehead atoms. The van der Waals surface area contributed by atoms with Gasteiger partial charge in [0, 0.05) is 0 Å². The lowest BCUT2D eigenvalue weighted by atomic mass is 10.3. The molecule has 0 radical (unpaired) electrons. The Labute approximate surface area is 66.6 Å². The van der Waals surface area contributed by atoms with E-state index < -0.39 is 12.1 Å². The fourth-order valence-electron chi connectivity index (χ4n) is 0.627. The molecule has 0 aliphatic carbocycles. The molecule has 4 heteroatoms. The largest absolute Gasteiger partial charge is 0.461 e. The molecule has 0 fully saturated rings.